The zero-order valence-electron chi connectivity index (χ0n) is 21.7. The number of ether oxygens (including phenoxy) is 1. The van der Waals surface area contributed by atoms with Crippen LogP contribution in [0.4, 0.5) is 0 Å². The van der Waals surface area contributed by atoms with Gasteiger partial charge in [-0.1, -0.05) is 65.5 Å². The van der Waals surface area contributed by atoms with Crippen LogP contribution in [0.2, 0.25) is 0 Å². The molecular weight excluding hydrogens is 448 g/mol. The molecule has 0 aromatic carbocycles. The fourth-order valence-electron chi connectivity index (χ4n) is 7.78. The average molecular weight is 491 g/mol. The maximum atomic E-state index is 13.0. The minimum absolute atomic E-state index is 0.0832. The molecule has 2 saturated carbocycles. The van der Waals surface area contributed by atoms with E-state index in [-0.39, 0.29) is 25.4 Å². The Balaban J connectivity index is 1.69. The topological polar surface area (TPSA) is 124 Å². The number of aliphatic hydroxyl groups excluding tert-OH is 2. The summed E-state index contributed by atoms with van der Waals surface area (Å²) >= 11 is 0. The SMILES string of the molecule is CCCCCCCC(=O)O[C@@]12C(O)[C@@H](C)[C@@]3(O)C(C=C(CO)CC4(O)C(=O)C(C)=C[C@H]43)[C@@H]1C2(C)C. The number of carbonyl (C=O) groups excluding carboxylic acids is 2. The molecule has 0 aromatic rings. The lowest BCUT2D eigenvalue weighted by Crippen LogP contribution is -2.65. The number of Topliss-reactive ketones (excluding diaryl/α,β-unsaturated/α-hetero) is 1. The molecule has 35 heavy (non-hydrogen) atoms. The lowest BCUT2D eigenvalue weighted by atomic mass is 9.59. The summed E-state index contributed by atoms with van der Waals surface area (Å²) in [6.45, 7) is 8.96. The first-order valence-corrected chi connectivity index (χ1v) is 13.2. The molecule has 0 aliphatic heterocycles. The van der Waals surface area contributed by atoms with Gasteiger partial charge in [0.05, 0.1) is 18.3 Å². The highest BCUT2D eigenvalue weighted by atomic mass is 16.6. The van der Waals surface area contributed by atoms with Crippen molar-refractivity contribution in [2.45, 2.75) is 102 Å². The van der Waals surface area contributed by atoms with Crippen LogP contribution < -0.4 is 0 Å². The van der Waals surface area contributed by atoms with Crippen molar-refractivity contribution < 1.29 is 34.8 Å². The number of esters is 1. The van der Waals surface area contributed by atoms with Gasteiger partial charge in [-0.2, -0.15) is 0 Å². The molecule has 0 bridgehead atoms. The molecule has 0 heterocycles. The van der Waals surface area contributed by atoms with Crippen molar-refractivity contribution in [3.05, 3.63) is 23.3 Å². The summed E-state index contributed by atoms with van der Waals surface area (Å²) in [5, 5.41) is 45.6. The highest BCUT2D eigenvalue weighted by Gasteiger charge is 2.86. The van der Waals surface area contributed by atoms with Crippen molar-refractivity contribution in [2.75, 3.05) is 6.61 Å². The average Bonchev–Trinajstić information content (AvgIpc) is 3.23. The van der Waals surface area contributed by atoms with Crippen molar-refractivity contribution in [1.29, 1.82) is 0 Å². The summed E-state index contributed by atoms with van der Waals surface area (Å²) in [4.78, 5) is 25.9. The number of hydrogen-bond acceptors (Lipinski definition) is 7. The van der Waals surface area contributed by atoms with Gasteiger partial charge in [-0.25, -0.2) is 0 Å². The molecule has 0 amide bonds. The Labute approximate surface area is 208 Å². The van der Waals surface area contributed by atoms with Crippen molar-refractivity contribution in [1.82, 2.24) is 0 Å². The molecule has 7 nitrogen and oxygen atoms in total. The number of aliphatic hydroxyl groups is 4. The van der Waals surface area contributed by atoms with E-state index in [1.165, 1.54) is 0 Å². The zero-order chi connectivity index (χ0) is 26.0. The number of carbonyl (C=O) groups is 2. The molecule has 0 saturated heterocycles. The summed E-state index contributed by atoms with van der Waals surface area (Å²) in [6.07, 6.45) is 7.42. The van der Waals surface area contributed by atoms with Crippen LogP contribution in [0, 0.1) is 29.1 Å². The second-order valence-electron chi connectivity index (χ2n) is 12.0. The van der Waals surface area contributed by atoms with E-state index in [2.05, 4.69) is 6.92 Å². The number of hydrogen-bond donors (Lipinski definition) is 4. The van der Waals surface area contributed by atoms with Gasteiger partial charge in [-0.15, -0.1) is 0 Å². The third-order valence-corrected chi connectivity index (χ3v) is 9.76. The Morgan fingerprint density at radius 1 is 1.14 bits per heavy atom. The Morgan fingerprint density at radius 3 is 2.43 bits per heavy atom. The third-order valence-electron chi connectivity index (χ3n) is 9.76. The summed E-state index contributed by atoms with van der Waals surface area (Å²) in [5.74, 6) is -3.60. The first kappa shape index (κ1) is 26.5. The molecule has 4 N–H and O–H groups in total. The number of ketones is 1. The van der Waals surface area contributed by atoms with E-state index in [0.29, 0.717) is 11.1 Å². The molecule has 8 atom stereocenters. The molecule has 7 heteroatoms. The molecule has 196 valence electrons. The smallest absolute Gasteiger partial charge is 0.306 e. The Kier molecular flexibility index (Phi) is 6.66. The predicted molar refractivity (Wildman–Crippen MR) is 130 cm³/mol. The van der Waals surface area contributed by atoms with Crippen LogP contribution in [-0.2, 0) is 14.3 Å². The van der Waals surface area contributed by atoms with E-state index < -0.39 is 57.8 Å². The Bertz CT molecular complexity index is 951. The number of unbranched alkanes of at least 4 members (excludes halogenated alkanes) is 4. The van der Waals surface area contributed by atoms with Gasteiger partial charge in [0.15, 0.2) is 5.78 Å². The van der Waals surface area contributed by atoms with Crippen LogP contribution in [0.5, 0.6) is 0 Å². The molecule has 0 radical (unpaired) electrons. The lowest BCUT2D eigenvalue weighted by Gasteiger charge is -2.52. The summed E-state index contributed by atoms with van der Waals surface area (Å²) in [6, 6.07) is 0. The van der Waals surface area contributed by atoms with Gasteiger partial charge in [0.2, 0.25) is 0 Å². The standard InChI is InChI=1S/C28H42O7/c1-6-7-8-9-10-11-21(30)35-28-22(25(28,4)5)19-13-18(15-29)14-26(33)20(12-16(2)23(26)31)27(19,34)17(3)24(28)32/h12-13,17,19-20,22,24,29,32-34H,6-11,14-15H2,1-5H3/t17-,19?,20-,22-,24?,26?,27-,28-/m1/s1. The first-order chi connectivity index (χ1) is 16.3. The van der Waals surface area contributed by atoms with Crippen LogP contribution in [0.15, 0.2) is 23.3 Å². The van der Waals surface area contributed by atoms with E-state index in [1.807, 2.05) is 13.8 Å². The predicted octanol–water partition coefficient (Wildman–Crippen LogP) is 2.84. The third kappa shape index (κ3) is 3.52. The first-order valence-electron chi connectivity index (χ1n) is 13.2. The van der Waals surface area contributed by atoms with Gasteiger partial charge in [0.1, 0.15) is 11.2 Å². The van der Waals surface area contributed by atoms with Crippen molar-refractivity contribution in [3.8, 4) is 0 Å². The maximum absolute atomic E-state index is 13.0. The minimum Gasteiger partial charge on any atom is -0.455 e. The summed E-state index contributed by atoms with van der Waals surface area (Å²) in [5.41, 5.74) is -4.53. The van der Waals surface area contributed by atoms with Gasteiger partial charge < -0.3 is 25.2 Å². The fraction of sp³-hybridized carbons (Fsp3) is 0.786. The van der Waals surface area contributed by atoms with E-state index in [0.717, 1.165) is 32.1 Å². The second kappa shape index (κ2) is 8.79. The summed E-state index contributed by atoms with van der Waals surface area (Å²) in [7, 11) is 0. The zero-order valence-corrected chi connectivity index (χ0v) is 21.7. The van der Waals surface area contributed by atoms with Crippen molar-refractivity contribution >= 4 is 11.8 Å². The minimum atomic E-state index is -1.88. The van der Waals surface area contributed by atoms with Crippen LogP contribution in [-0.4, -0.2) is 61.7 Å². The normalized spacial score (nSPS) is 43.3. The largest absolute Gasteiger partial charge is 0.455 e. The van der Waals surface area contributed by atoms with Gasteiger partial charge >= 0.3 is 5.97 Å². The van der Waals surface area contributed by atoms with Crippen molar-refractivity contribution in [2.24, 2.45) is 29.1 Å². The highest BCUT2D eigenvalue weighted by Crippen LogP contribution is 2.76. The van der Waals surface area contributed by atoms with Crippen LogP contribution in [0.3, 0.4) is 0 Å². The molecule has 4 aliphatic rings. The van der Waals surface area contributed by atoms with Gasteiger partial charge in [-0.05, 0) is 24.5 Å². The van der Waals surface area contributed by atoms with E-state index in [9.17, 15) is 30.0 Å². The Hall–Kier alpha value is -1.54. The molecule has 0 aromatic heterocycles. The van der Waals surface area contributed by atoms with Crippen molar-refractivity contribution in [3.63, 3.8) is 0 Å². The molecule has 3 unspecified atom stereocenters. The maximum Gasteiger partial charge on any atom is 0.306 e. The fourth-order valence-corrected chi connectivity index (χ4v) is 7.78. The molecule has 4 rings (SSSR count). The molecule has 2 fully saturated rings. The van der Waals surface area contributed by atoms with Crippen LogP contribution in [0.1, 0.15) is 79.6 Å². The van der Waals surface area contributed by atoms with Crippen LogP contribution in [0.25, 0.3) is 0 Å². The van der Waals surface area contributed by atoms with Gasteiger partial charge in [0, 0.05) is 41.9 Å². The molecular formula is C28H42O7. The van der Waals surface area contributed by atoms with E-state index >= 15 is 0 Å². The monoisotopic (exact) mass is 490 g/mol. The summed E-state index contributed by atoms with van der Waals surface area (Å²) < 4.78 is 6.10. The highest BCUT2D eigenvalue weighted by molar-refractivity contribution is 6.04. The second-order valence-corrected chi connectivity index (χ2v) is 12.0. The van der Waals surface area contributed by atoms with E-state index in [1.54, 1.807) is 26.0 Å². The lowest BCUT2D eigenvalue weighted by molar-refractivity contribution is -0.219. The van der Waals surface area contributed by atoms with Gasteiger partial charge in [0.25, 0.3) is 0 Å². The Morgan fingerprint density at radius 2 is 1.80 bits per heavy atom. The van der Waals surface area contributed by atoms with Gasteiger partial charge in [-0.3, -0.25) is 9.59 Å². The number of rotatable bonds is 8. The van der Waals surface area contributed by atoms with E-state index in [4.69, 9.17) is 4.74 Å². The number of fused-ring (bicyclic) bond motifs is 5. The quantitative estimate of drug-likeness (QED) is 0.234. The molecule has 0 spiro atoms. The van der Waals surface area contributed by atoms with Crippen LogP contribution >= 0.6 is 0 Å². The molecule has 4 aliphatic carbocycles.